The first-order valence-electron chi connectivity index (χ1n) is 5.11. The molecule has 90 valence electrons. The van der Waals surface area contributed by atoms with Crippen molar-refractivity contribution in [3.63, 3.8) is 0 Å². The van der Waals surface area contributed by atoms with Crippen LogP contribution in [-0.2, 0) is 10.0 Å². The van der Waals surface area contributed by atoms with E-state index < -0.39 is 10.0 Å². The van der Waals surface area contributed by atoms with Crippen LogP contribution in [0.15, 0.2) is 12.7 Å². The first-order valence-corrected chi connectivity index (χ1v) is 6.72. The van der Waals surface area contributed by atoms with Gasteiger partial charge < -0.3 is 5.73 Å². The summed E-state index contributed by atoms with van der Waals surface area (Å²) in [5.74, 6) is 0.362. The number of rotatable bonds is 7. The number of nitrogens with two attached hydrogens (primary N) is 1. The van der Waals surface area contributed by atoms with Crippen LogP contribution < -0.4 is 5.73 Å². The van der Waals surface area contributed by atoms with Crippen molar-refractivity contribution in [3.05, 3.63) is 12.7 Å². The van der Waals surface area contributed by atoms with E-state index >= 15 is 0 Å². The lowest BCUT2D eigenvalue weighted by Crippen LogP contribution is -2.35. The van der Waals surface area contributed by atoms with Crippen molar-refractivity contribution in [1.82, 2.24) is 4.31 Å². The Balaban J connectivity index is 4.14. The molecule has 0 fully saturated rings. The van der Waals surface area contributed by atoms with E-state index in [1.54, 1.807) is 7.05 Å². The summed E-state index contributed by atoms with van der Waals surface area (Å²) in [6, 6.07) is 0.0476. The maximum atomic E-state index is 11.5. The molecule has 0 aliphatic rings. The molecule has 0 aromatic heterocycles. The van der Waals surface area contributed by atoms with Crippen LogP contribution in [0.3, 0.4) is 0 Å². The normalized spacial score (nSPS) is 14.5. The number of hydrogen-bond acceptors (Lipinski definition) is 3. The Morgan fingerprint density at radius 2 is 2.00 bits per heavy atom. The number of sulfonamides is 1. The molecule has 0 saturated carbocycles. The van der Waals surface area contributed by atoms with E-state index in [9.17, 15) is 8.42 Å². The predicted molar refractivity (Wildman–Crippen MR) is 64.0 cm³/mol. The van der Waals surface area contributed by atoms with E-state index in [0.717, 1.165) is 0 Å². The molecular formula is C10H22N2O2S. The molecule has 4 nitrogen and oxygen atoms in total. The molecule has 0 heterocycles. The van der Waals surface area contributed by atoms with Gasteiger partial charge in [0, 0.05) is 19.6 Å². The quantitative estimate of drug-likeness (QED) is 0.663. The Kier molecular flexibility index (Phi) is 6.09. The maximum Gasteiger partial charge on any atom is 0.217 e. The fraction of sp³-hybridized carbons (Fsp3) is 0.800. The molecule has 1 unspecified atom stereocenters. The monoisotopic (exact) mass is 234 g/mol. The molecule has 0 aliphatic heterocycles. The third-order valence-electron chi connectivity index (χ3n) is 2.44. The average molecular weight is 234 g/mol. The Morgan fingerprint density at radius 3 is 2.40 bits per heavy atom. The molecule has 1 atom stereocenters. The minimum Gasteiger partial charge on any atom is -0.327 e. The highest BCUT2D eigenvalue weighted by atomic mass is 32.2. The summed E-state index contributed by atoms with van der Waals surface area (Å²) in [5.41, 5.74) is 5.84. The van der Waals surface area contributed by atoms with Gasteiger partial charge in [0.2, 0.25) is 10.0 Å². The zero-order valence-corrected chi connectivity index (χ0v) is 10.6. The second-order valence-corrected chi connectivity index (χ2v) is 6.21. The van der Waals surface area contributed by atoms with E-state index in [0.29, 0.717) is 18.9 Å². The molecule has 0 bridgehead atoms. The zero-order valence-electron chi connectivity index (χ0n) is 9.81. The molecular weight excluding hydrogens is 212 g/mol. The van der Waals surface area contributed by atoms with Crippen LogP contribution in [0, 0.1) is 5.92 Å². The Bertz CT molecular complexity index is 286. The molecule has 0 amide bonds. The smallest absolute Gasteiger partial charge is 0.217 e. The number of hydrogen-bond donors (Lipinski definition) is 1. The van der Waals surface area contributed by atoms with Crippen LogP contribution in [0.4, 0.5) is 0 Å². The molecule has 15 heavy (non-hydrogen) atoms. The second kappa shape index (κ2) is 6.25. The van der Waals surface area contributed by atoms with Gasteiger partial charge in [-0.25, -0.2) is 12.7 Å². The van der Waals surface area contributed by atoms with Gasteiger partial charge in [0.25, 0.3) is 0 Å². The van der Waals surface area contributed by atoms with Gasteiger partial charge in [-0.05, 0) is 12.3 Å². The highest BCUT2D eigenvalue weighted by Gasteiger charge is 2.17. The van der Waals surface area contributed by atoms with E-state index in [2.05, 4.69) is 6.58 Å². The molecule has 5 heteroatoms. The lowest BCUT2D eigenvalue weighted by atomic mass is 10.0. The molecule has 0 saturated heterocycles. The summed E-state index contributed by atoms with van der Waals surface area (Å²) in [6.07, 6.45) is 2.08. The van der Waals surface area contributed by atoms with Crippen molar-refractivity contribution in [2.45, 2.75) is 26.3 Å². The van der Waals surface area contributed by atoms with Gasteiger partial charge in [-0.15, -0.1) is 6.58 Å². The van der Waals surface area contributed by atoms with Crippen molar-refractivity contribution in [2.24, 2.45) is 11.7 Å². The molecule has 0 radical (unpaired) electrons. The van der Waals surface area contributed by atoms with Gasteiger partial charge in [0.1, 0.15) is 0 Å². The van der Waals surface area contributed by atoms with Crippen LogP contribution in [0.1, 0.15) is 20.3 Å². The van der Waals surface area contributed by atoms with Crippen LogP contribution >= 0.6 is 0 Å². The van der Waals surface area contributed by atoms with E-state index in [-0.39, 0.29) is 11.8 Å². The van der Waals surface area contributed by atoms with Crippen LogP contribution in [0.25, 0.3) is 0 Å². The van der Waals surface area contributed by atoms with Crippen molar-refractivity contribution >= 4 is 10.0 Å². The second-order valence-electron chi connectivity index (χ2n) is 4.09. The minimum absolute atomic E-state index is 0.0135. The van der Waals surface area contributed by atoms with Crippen LogP contribution in [-0.4, -0.2) is 38.1 Å². The zero-order chi connectivity index (χ0) is 12.1. The molecule has 0 aromatic carbocycles. The van der Waals surface area contributed by atoms with Gasteiger partial charge in [0.05, 0.1) is 5.75 Å². The maximum absolute atomic E-state index is 11.5. The van der Waals surface area contributed by atoms with Gasteiger partial charge in [-0.3, -0.25) is 0 Å². The summed E-state index contributed by atoms with van der Waals surface area (Å²) < 4.78 is 24.4. The van der Waals surface area contributed by atoms with E-state index in [1.165, 1.54) is 10.4 Å². The summed E-state index contributed by atoms with van der Waals surface area (Å²) >= 11 is 0. The van der Waals surface area contributed by atoms with Crippen molar-refractivity contribution in [1.29, 1.82) is 0 Å². The van der Waals surface area contributed by atoms with Gasteiger partial charge in [-0.1, -0.05) is 19.9 Å². The molecule has 0 rings (SSSR count). The third-order valence-corrected chi connectivity index (χ3v) is 4.23. The van der Waals surface area contributed by atoms with Gasteiger partial charge in [-0.2, -0.15) is 0 Å². The molecule has 2 N–H and O–H groups in total. The average Bonchev–Trinajstić information content (AvgIpc) is 2.13. The van der Waals surface area contributed by atoms with Crippen molar-refractivity contribution in [2.75, 3.05) is 19.3 Å². The molecule has 0 aromatic rings. The first kappa shape index (κ1) is 14.6. The van der Waals surface area contributed by atoms with Gasteiger partial charge >= 0.3 is 0 Å². The van der Waals surface area contributed by atoms with Gasteiger partial charge in [0.15, 0.2) is 0 Å². The van der Waals surface area contributed by atoms with Crippen molar-refractivity contribution in [3.8, 4) is 0 Å². The fourth-order valence-corrected chi connectivity index (χ4v) is 2.02. The SMILES string of the molecule is C=CCS(=O)(=O)N(C)CCC(N)C(C)C. The highest BCUT2D eigenvalue weighted by Crippen LogP contribution is 2.06. The van der Waals surface area contributed by atoms with Crippen molar-refractivity contribution < 1.29 is 8.42 Å². The summed E-state index contributed by atoms with van der Waals surface area (Å²) in [6.45, 7) is 7.95. The first-order chi connectivity index (χ1) is 6.81. The molecule has 0 spiro atoms. The Hall–Kier alpha value is -0.390. The Labute approximate surface area is 93.2 Å². The number of nitrogens with zero attached hydrogens (tertiary/aromatic N) is 1. The molecule has 0 aliphatic carbocycles. The lowest BCUT2D eigenvalue weighted by Gasteiger charge is -2.20. The van der Waals surface area contributed by atoms with E-state index in [1.807, 2.05) is 13.8 Å². The fourth-order valence-electron chi connectivity index (χ4n) is 1.08. The summed E-state index contributed by atoms with van der Waals surface area (Å²) in [7, 11) is -1.60. The summed E-state index contributed by atoms with van der Waals surface area (Å²) in [4.78, 5) is 0. The topological polar surface area (TPSA) is 63.4 Å². The van der Waals surface area contributed by atoms with Crippen LogP contribution in [0.5, 0.6) is 0 Å². The highest BCUT2D eigenvalue weighted by molar-refractivity contribution is 7.89. The Morgan fingerprint density at radius 1 is 1.47 bits per heavy atom. The minimum atomic E-state index is -3.17. The summed E-state index contributed by atoms with van der Waals surface area (Å²) in [5, 5.41) is 0. The largest absolute Gasteiger partial charge is 0.327 e. The lowest BCUT2D eigenvalue weighted by molar-refractivity contribution is 0.398. The third kappa shape index (κ3) is 5.30. The van der Waals surface area contributed by atoms with Crippen LogP contribution in [0.2, 0.25) is 0 Å². The van der Waals surface area contributed by atoms with E-state index in [4.69, 9.17) is 5.73 Å². The standard InChI is InChI=1S/C10H22N2O2S/c1-5-8-15(13,14)12(4)7-6-10(11)9(2)3/h5,9-10H,1,6-8,11H2,2-4H3. The predicted octanol–water partition coefficient (Wildman–Crippen LogP) is 0.807.